The van der Waals surface area contributed by atoms with Gasteiger partial charge in [-0.2, -0.15) is 13.2 Å². The first kappa shape index (κ1) is 20.3. The van der Waals surface area contributed by atoms with Crippen LogP contribution in [0.3, 0.4) is 0 Å². The van der Waals surface area contributed by atoms with E-state index in [-0.39, 0.29) is 5.69 Å². The second kappa shape index (κ2) is 7.49. The number of anilines is 2. The monoisotopic (exact) mass is 438 g/mol. The molecule has 0 unspecified atom stereocenters. The van der Waals surface area contributed by atoms with Crippen molar-refractivity contribution >= 4 is 23.2 Å². The van der Waals surface area contributed by atoms with Crippen molar-refractivity contribution in [1.82, 2.24) is 0 Å². The lowest BCUT2D eigenvalue weighted by Crippen LogP contribution is -2.37. The zero-order chi connectivity index (χ0) is 22.5. The Hall–Kier alpha value is -3.65. The van der Waals surface area contributed by atoms with Gasteiger partial charge in [-0.3, -0.25) is 14.4 Å². The third kappa shape index (κ3) is 3.23. The van der Waals surface area contributed by atoms with E-state index in [4.69, 9.17) is 4.84 Å². The fourth-order valence-electron chi connectivity index (χ4n) is 4.28. The number of fused-ring (bicyclic) bond motifs is 1. The second-order valence-electron chi connectivity index (χ2n) is 7.63. The summed E-state index contributed by atoms with van der Waals surface area (Å²) in [5.41, 5.74) is 0.378. The van der Waals surface area contributed by atoms with Gasteiger partial charge in [0.15, 0.2) is 6.10 Å². The average Bonchev–Trinajstić information content (AvgIpc) is 3.30. The predicted octanol–water partition coefficient (Wildman–Crippen LogP) is 4.76. The zero-order valence-corrected chi connectivity index (χ0v) is 16.6. The molecule has 5 rings (SSSR count). The number of alkyl halides is 3. The molecule has 2 aliphatic heterocycles. The number of carbonyl (C=O) groups is 2. The summed E-state index contributed by atoms with van der Waals surface area (Å²) in [5.74, 6) is -2.18. The zero-order valence-electron chi connectivity index (χ0n) is 16.6. The highest BCUT2D eigenvalue weighted by atomic mass is 19.4. The fraction of sp³-hybridized carbons (Fsp3) is 0.167. The minimum atomic E-state index is -4.59. The molecule has 3 aromatic carbocycles. The van der Waals surface area contributed by atoms with Crippen LogP contribution >= 0.6 is 0 Å². The van der Waals surface area contributed by atoms with E-state index in [0.717, 1.165) is 22.6 Å². The number of rotatable bonds is 3. The number of amides is 2. The maximum Gasteiger partial charge on any atom is 0.416 e. The quantitative estimate of drug-likeness (QED) is 0.554. The van der Waals surface area contributed by atoms with Gasteiger partial charge >= 0.3 is 6.18 Å². The van der Waals surface area contributed by atoms with E-state index in [9.17, 15) is 22.8 Å². The van der Waals surface area contributed by atoms with Crippen LogP contribution in [-0.4, -0.2) is 17.9 Å². The van der Waals surface area contributed by atoms with E-state index >= 15 is 0 Å². The number of halogens is 3. The summed E-state index contributed by atoms with van der Waals surface area (Å²) < 4.78 is 39.5. The van der Waals surface area contributed by atoms with Crippen molar-refractivity contribution in [2.24, 2.45) is 5.92 Å². The van der Waals surface area contributed by atoms with Crippen molar-refractivity contribution in [2.45, 2.75) is 18.3 Å². The Bertz CT molecular complexity index is 1170. The Labute approximate surface area is 181 Å². The Kier molecular flexibility index (Phi) is 4.74. The molecular weight excluding hydrogens is 421 g/mol. The molecule has 3 aromatic rings. The van der Waals surface area contributed by atoms with E-state index in [1.807, 2.05) is 48.5 Å². The van der Waals surface area contributed by atoms with Gasteiger partial charge in [0.2, 0.25) is 5.91 Å². The van der Waals surface area contributed by atoms with E-state index in [1.165, 1.54) is 12.1 Å². The van der Waals surface area contributed by atoms with Gasteiger partial charge in [0.05, 0.1) is 23.0 Å². The van der Waals surface area contributed by atoms with Crippen molar-refractivity contribution in [3.05, 3.63) is 96.1 Å². The van der Waals surface area contributed by atoms with Gasteiger partial charge in [-0.15, -0.1) is 0 Å². The Morgan fingerprint density at radius 3 is 2.03 bits per heavy atom. The van der Waals surface area contributed by atoms with Crippen LogP contribution < -0.4 is 9.96 Å². The van der Waals surface area contributed by atoms with E-state index in [0.29, 0.717) is 5.69 Å². The molecule has 2 saturated heterocycles. The third-order valence-corrected chi connectivity index (χ3v) is 5.70. The molecule has 0 saturated carbocycles. The molecule has 0 radical (unpaired) electrons. The number of carbonyl (C=O) groups excluding carboxylic acids is 2. The molecule has 0 aromatic heterocycles. The van der Waals surface area contributed by atoms with Crippen molar-refractivity contribution in [3.8, 4) is 0 Å². The van der Waals surface area contributed by atoms with Gasteiger partial charge in [-0.1, -0.05) is 54.6 Å². The molecule has 0 N–H and O–H groups in total. The molecule has 32 heavy (non-hydrogen) atoms. The summed E-state index contributed by atoms with van der Waals surface area (Å²) in [6.45, 7) is 0. The standard InChI is InChI=1S/C24H17F3N2O3/c25-24(26,27)16-10-7-13-18(14-16)28-22(30)19-20(15-8-3-1-4-9-15)29(32-21(19)23(28)31)17-11-5-2-6-12-17/h1-14,19-21H/t19-,20-,21+/m0/s1. The van der Waals surface area contributed by atoms with Crippen LogP contribution in [0.15, 0.2) is 84.9 Å². The first-order chi connectivity index (χ1) is 15.4. The molecule has 2 heterocycles. The lowest BCUT2D eigenvalue weighted by Gasteiger charge is -2.28. The van der Waals surface area contributed by atoms with E-state index < -0.39 is 41.6 Å². The van der Waals surface area contributed by atoms with Crippen LogP contribution in [0, 0.1) is 5.92 Å². The molecule has 0 aliphatic carbocycles. The molecule has 8 heteroatoms. The van der Waals surface area contributed by atoms with Crippen LogP contribution in [0.2, 0.25) is 0 Å². The molecular formula is C24H17F3N2O3. The van der Waals surface area contributed by atoms with Gasteiger partial charge in [-0.05, 0) is 35.9 Å². The molecule has 0 bridgehead atoms. The highest BCUT2D eigenvalue weighted by Crippen LogP contribution is 2.47. The highest BCUT2D eigenvalue weighted by molar-refractivity contribution is 6.24. The maximum absolute atomic E-state index is 13.4. The number of benzene rings is 3. The van der Waals surface area contributed by atoms with Gasteiger partial charge in [0.25, 0.3) is 5.91 Å². The summed E-state index contributed by atoms with van der Waals surface area (Å²) in [4.78, 5) is 33.4. The number of hydrogen-bond acceptors (Lipinski definition) is 4. The lowest BCUT2D eigenvalue weighted by molar-refractivity contribution is -0.137. The average molecular weight is 438 g/mol. The van der Waals surface area contributed by atoms with Gasteiger partial charge in [0, 0.05) is 0 Å². The van der Waals surface area contributed by atoms with E-state index in [1.54, 1.807) is 17.2 Å². The Morgan fingerprint density at radius 2 is 1.38 bits per heavy atom. The Balaban J connectivity index is 1.56. The van der Waals surface area contributed by atoms with Gasteiger partial charge < -0.3 is 0 Å². The normalized spacial score (nSPS) is 23.0. The number of para-hydroxylation sites is 1. The van der Waals surface area contributed by atoms with E-state index in [2.05, 4.69) is 0 Å². The predicted molar refractivity (Wildman–Crippen MR) is 110 cm³/mol. The molecule has 162 valence electrons. The molecule has 0 spiro atoms. The number of nitrogens with zero attached hydrogens (tertiary/aromatic N) is 2. The molecule has 2 amide bonds. The summed E-state index contributed by atoms with van der Waals surface area (Å²) in [6.07, 6.45) is -5.73. The number of hydrogen-bond donors (Lipinski definition) is 0. The Morgan fingerprint density at radius 1 is 0.750 bits per heavy atom. The van der Waals surface area contributed by atoms with Crippen LogP contribution in [0.25, 0.3) is 0 Å². The fourth-order valence-corrected chi connectivity index (χ4v) is 4.28. The SMILES string of the molecule is O=C1[C@@H]2[C@@H](ON(c3ccccc3)[C@H]2c2ccccc2)C(=O)N1c1cccc(C(F)(F)F)c1. The number of imide groups is 1. The topological polar surface area (TPSA) is 49.9 Å². The van der Waals surface area contributed by atoms with Crippen LogP contribution in [0.4, 0.5) is 24.5 Å². The van der Waals surface area contributed by atoms with Gasteiger partial charge in [0.1, 0.15) is 5.92 Å². The van der Waals surface area contributed by atoms with Crippen LogP contribution in [0.1, 0.15) is 17.2 Å². The van der Waals surface area contributed by atoms with Crippen molar-refractivity contribution < 1.29 is 27.6 Å². The number of hydroxylamine groups is 1. The molecule has 2 fully saturated rings. The van der Waals surface area contributed by atoms with Crippen molar-refractivity contribution in [2.75, 3.05) is 9.96 Å². The summed E-state index contributed by atoms with van der Waals surface area (Å²) in [6, 6.07) is 21.8. The minimum Gasteiger partial charge on any atom is -0.273 e. The minimum absolute atomic E-state index is 0.120. The molecule has 3 atom stereocenters. The highest BCUT2D eigenvalue weighted by Gasteiger charge is 2.60. The van der Waals surface area contributed by atoms with Gasteiger partial charge in [-0.25, -0.2) is 9.96 Å². The van der Waals surface area contributed by atoms with Crippen molar-refractivity contribution in [3.63, 3.8) is 0 Å². The van der Waals surface area contributed by atoms with Crippen LogP contribution in [0.5, 0.6) is 0 Å². The van der Waals surface area contributed by atoms with Crippen LogP contribution in [-0.2, 0) is 20.6 Å². The smallest absolute Gasteiger partial charge is 0.273 e. The molecule has 2 aliphatic rings. The summed E-state index contributed by atoms with van der Waals surface area (Å²) in [7, 11) is 0. The largest absolute Gasteiger partial charge is 0.416 e. The first-order valence-electron chi connectivity index (χ1n) is 9.97. The summed E-state index contributed by atoms with van der Waals surface area (Å²) in [5, 5.41) is 1.55. The summed E-state index contributed by atoms with van der Waals surface area (Å²) >= 11 is 0. The first-order valence-corrected chi connectivity index (χ1v) is 9.97. The maximum atomic E-state index is 13.4. The van der Waals surface area contributed by atoms with Crippen molar-refractivity contribution in [1.29, 1.82) is 0 Å². The lowest BCUT2D eigenvalue weighted by atomic mass is 9.90. The second-order valence-corrected chi connectivity index (χ2v) is 7.63. The molecule has 5 nitrogen and oxygen atoms in total. The third-order valence-electron chi connectivity index (χ3n) is 5.70.